The smallest absolute Gasteiger partial charge is 0.0305 e. The molecule has 0 aliphatic heterocycles. The Morgan fingerprint density at radius 3 is 3.07 bits per heavy atom. The van der Waals surface area contributed by atoms with Gasteiger partial charge in [-0.2, -0.15) is 0 Å². The van der Waals surface area contributed by atoms with Crippen LogP contribution in [0, 0.1) is 12.8 Å². The number of hydrogen-bond acceptors (Lipinski definition) is 2. The predicted octanol–water partition coefficient (Wildman–Crippen LogP) is 2.49. The van der Waals surface area contributed by atoms with Crippen LogP contribution in [0.25, 0.3) is 0 Å². The average molecular weight is 204 g/mol. The molecule has 0 aromatic carbocycles. The third kappa shape index (κ3) is 2.20. The second-order valence-corrected chi connectivity index (χ2v) is 4.59. The van der Waals surface area contributed by atoms with E-state index in [1.165, 1.54) is 30.4 Å². The topological polar surface area (TPSA) is 24.9 Å². The average Bonchev–Trinajstić information content (AvgIpc) is 2.67. The largest absolute Gasteiger partial charge is 0.319 e. The monoisotopic (exact) mass is 204 g/mol. The molecule has 2 heteroatoms. The van der Waals surface area contributed by atoms with Gasteiger partial charge in [-0.1, -0.05) is 6.42 Å². The summed E-state index contributed by atoms with van der Waals surface area (Å²) in [4.78, 5) is 4.26. The van der Waals surface area contributed by atoms with E-state index in [-0.39, 0.29) is 0 Å². The second kappa shape index (κ2) is 4.75. The highest BCUT2D eigenvalue weighted by Crippen LogP contribution is 2.39. The Morgan fingerprint density at radius 2 is 2.33 bits per heavy atom. The molecule has 1 aromatic rings. The summed E-state index contributed by atoms with van der Waals surface area (Å²) in [5.74, 6) is 1.53. The van der Waals surface area contributed by atoms with E-state index in [1.807, 2.05) is 13.2 Å². The molecule has 0 amide bonds. The van der Waals surface area contributed by atoms with Crippen molar-refractivity contribution in [2.45, 2.75) is 32.1 Å². The van der Waals surface area contributed by atoms with Gasteiger partial charge in [-0.25, -0.2) is 0 Å². The maximum absolute atomic E-state index is 4.26. The van der Waals surface area contributed by atoms with Gasteiger partial charge in [0.05, 0.1) is 0 Å². The van der Waals surface area contributed by atoms with Crippen LogP contribution in [0.2, 0.25) is 0 Å². The van der Waals surface area contributed by atoms with Crippen molar-refractivity contribution < 1.29 is 0 Å². The molecule has 1 saturated carbocycles. The van der Waals surface area contributed by atoms with Crippen molar-refractivity contribution in [1.82, 2.24) is 10.3 Å². The summed E-state index contributed by atoms with van der Waals surface area (Å²) in [7, 11) is 2.05. The molecule has 1 heterocycles. The summed E-state index contributed by atoms with van der Waals surface area (Å²) in [6.07, 6.45) is 8.01. The molecular formula is C13H20N2. The van der Waals surface area contributed by atoms with E-state index in [0.717, 1.165) is 18.4 Å². The predicted molar refractivity (Wildman–Crippen MR) is 63.0 cm³/mol. The molecule has 1 N–H and O–H groups in total. The highest BCUT2D eigenvalue weighted by atomic mass is 14.8. The van der Waals surface area contributed by atoms with E-state index in [0.29, 0.717) is 0 Å². The molecule has 82 valence electrons. The SMILES string of the molecule is CNCC1CCCC1c1cnccc1C. The van der Waals surface area contributed by atoms with Gasteiger partial charge in [0, 0.05) is 12.4 Å². The molecule has 1 aromatic heterocycles. The highest BCUT2D eigenvalue weighted by Gasteiger charge is 2.28. The van der Waals surface area contributed by atoms with Crippen molar-refractivity contribution in [3.8, 4) is 0 Å². The molecule has 1 aliphatic carbocycles. The Bertz CT molecular complexity index is 322. The molecule has 0 saturated heterocycles. The zero-order valence-corrected chi connectivity index (χ0v) is 9.66. The number of pyridine rings is 1. The first-order valence-corrected chi connectivity index (χ1v) is 5.88. The number of hydrogen-bond donors (Lipinski definition) is 1. The summed E-state index contributed by atoms with van der Waals surface area (Å²) in [6.45, 7) is 3.34. The summed E-state index contributed by atoms with van der Waals surface area (Å²) in [5, 5.41) is 3.31. The summed E-state index contributed by atoms with van der Waals surface area (Å²) in [5.41, 5.74) is 2.87. The lowest BCUT2D eigenvalue weighted by atomic mass is 9.87. The molecule has 2 nitrogen and oxygen atoms in total. The lowest BCUT2D eigenvalue weighted by molar-refractivity contribution is 0.460. The molecule has 0 spiro atoms. The van der Waals surface area contributed by atoms with Gasteiger partial charge in [0.15, 0.2) is 0 Å². The van der Waals surface area contributed by atoms with E-state index < -0.39 is 0 Å². The van der Waals surface area contributed by atoms with E-state index in [2.05, 4.69) is 29.5 Å². The molecule has 2 rings (SSSR count). The van der Waals surface area contributed by atoms with E-state index >= 15 is 0 Å². The van der Waals surface area contributed by atoms with E-state index in [4.69, 9.17) is 0 Å². The second-order valence-electron chi connectivity index (χ2n) is 4.59. The van der Waals surface area contributed by atoms with Crippen molar-refractivity contribution in [2.75, 3.05) is 13.6 Å². The number of aryl methyl sites for hydroxylation is 1. The van der Waals surface area contributed by atoms with Crippen molar-refractivity contribution >= 4 is 0 Å². The lowest BCUT2D eigenvalue weighted by Crippen LogP contribution is -2.21. The van der Waals surface area contributed by atoms with Gasteiger partial charge < -0.3 is 5.32 Å². The first-order chi connectivity index (χ1) is 7.33. The van der Waals surface area contributed by atoms with Crippen LogP contribution in [0.5, 0.6) is 0 Å². The van der Waals surface area contributed by atoms with Crippen molar-refractivity contribution in [3.63, 3.8) is 0 Å². The standard InChI is InChI=1S/C13H20N2/c1-10-6-7-15-9-13(10)12-5-3-4-11(12)8-14-2/h6-7,9,11-12,14H,3-5,8H2,1-2H3. The molecule has 1 fully saturated rings. The maximum atomic E-state index is 4.26. The van der Waals surface area contributed by atoms with E-state index in [9.17, 15) is 0 Å². The fraction of sp³-hybridized carbons (Fsp3) is 0.615. The Labute approximate surface area is 92.1 Å². The number of nitrogens with zero attached hydrogens (tertiary/aromatic N) is 1. The maximum Gasteiger partial charge on any atom is 0.0305 e. The third-order valence-corrected chi connectivity index (χ3v) is 3.60. The Kier molecular flexibility index (Phi) is 3.37. The van der Waals surface area contributed by atoms with Gasteiger partial charge >= 0.3 is 0 Å². The van der Waals surface area contributed by atoms with Crippen molar-refractivity contribution in [1.29, 1.82) is 0 Å². The first kappa shape index (κ1) is 10.6. The normalized spacial score (nSPS) is 25.7. The highest BCUT2D eigenvalue weighted by molar-refractivity contribution is 5.27. The Hall–Kier alpha value is -0.890. The fourth-order valence-electron chi connectivity index (χ4n) is 2.82. The molecule has 1 aliphatic rings. The van der Waals surface area contributed by atoms with Gasteiger partial charge in [0.1, 0.15) is 0 Å². The van der Waals surface area contributed by atoms with Crippen LogP contribution < -0.4 is 5.32 Å². The van der Waals surface area contributed by atoms with Gasteiger partial charge in [-0.3, -0.25) is 4.98 Å². The van der Waals surface area contributed by atoms with Gasteiger partial charge in [-0.15, -0.1) is 0 Å². The van der Waals surface area contributed by atoms with Gasteiger partial charge in [0.25, 0.3) is 0 Å². The zero-order chi connectivity index (χ0) is 10.7. The first-order valence-electron chi connectivity index (χ1n) is 5.88. The van der Waals surface area contributed by atoms with Crippen LogP contribution in [0.15, 0.2) is 18.5 Å². The zero-order valence-electron chi connectivity index (χ0n) is 9.66. The number of nitrogens with one attached hydrogen (secondary N) is 1. The molecule has 0 radical (unpaired) electrons. The lowest BCUT2D eigenvalue weighted by Gasteiger charge is -2.20. The van der Waals surface area contributed by atoms with Crippen molar-refractivity contribution in [2.24, 2.45) is 5.92 Å². The molecular weight excluding hydrogens is 184 g/mol. The van der Waals surface area contributed by atoms with Crippen LogP contribution in [0.1, 0.15) is 36.3 Å². The molecule has 2 atom stereocenters. The van der Waals surface area contributed by atoms with Crippen LogP contribution in [0.4, 0.5) is 0 Å². The van der Waals surface area contributed by atoms with Gasteiger partial charge in [0.2, 0.25) is 0 Å². The minimum absolute atomic E-state index is 0.728. The Balaban J connectivity index is 2.19. The van der Waals surface area contributed by atoms with Crippen molar-refractivity contribution in [3.05, 3.63) is 29.6 Å². The number of rotatable bonds is 3. The van der Waals surface area contributed by atoms with E-state index in [1.54, 1.807) is 0 Å². The Morgan fingerprint density at radius 1 is 1.47 bits per heavy atom. The molecule has 0 bridgehead atoms. The van der Waals surface area contributed by atoms with Crippen LogP contribution in [-0.4, -0.2) is 18.6 Å². The van der Waals surface area contributed by atoms with Crippen LogP contribution in [0.3, 0.4) is 0 Å². The minimum atomic E-state index is 0.728. The molecule has 2 unspecified atom stereocenters. The fourth-order valence-corrected chi connectivity index (χ4v) is 2.82. The summed E-state index contributed by atoms with van der Waals surface area (Å²) in [6, 6.07) is 2.13. The third-order valence-electron chi connectivity index (χ3n) is 3.60. The molecule has 15 heavy (non-hydrogen) atoms. The van der Waals surface area contributed by atoms with Gasteiger partial charge in [-0.05, 0) is 62.4 Å². The van der Waals surface area contributed by atoms with Crippen LogP contribution in [-0.2, 0) is 0 Å². The summed E-state index contributed by atoms with van der Waals surface area (Å²) >= 11 is 0. The quantitative estimate of drug-likeness (QED) is 0.818. The number of aromatic nitrogens is 1. The van der Waals surface area contributed by atoms with Crippen LogP contribution >= 0.6 is 0 Å². The summed E-state index contributed by atoms with van der Waals surface area (Å²) < 4.78 is 0. The minimum Gasteiger partial charge on any atom is -0.319 e.